The maximum absolute atomic E-state index is 12.2. The Bertz CT molecular complexity index is 592. The Hall–Kier alpha value is -1.62. The minimum atomic E-state index is -0.411. The summed E-state index contributed by atoms with van der Waals surface area (Å²) in [7, 11) is 0. The molecule has 1 aromatic heterocycles. The van der Waals surface area contributed by atoms with Crippen molar-refractivity contribution in [3.8, 4) is 0 Å². The van der Waals surface area contributed by atoms with Gasteiger partial charge in [0, 0.05) is 11.3 Å². The standard InChI is InChI=1S/C19H30N2O2S/c1-6-12(3)10-13(4)8-9-17(22)21-15(7-2)16-11-14(5)18(24-16)19(20)23/h11-12,15H,4,6-10H2,1-3,5H3,(H2,20,23)(H,21,22). The molecule has 2 atom stereocenters. The van der Waals surface area contributed by atoms with E-state index >= 15 is 0 Å². The van der Waals surface area contributed by atoms with Crippen LogP contribution >= 0.6 is 11.3 Å². The quantitative estimate of drug-likeness (QED) is 0.610. The van der Waals surface area contributed by atoms with Gasteiger partial charge in [-0.15, -0.1) is 11.3 Å². The van der Waals surface area contributed by atoms with Crippen LogP contribution in [0.4, 0.5) is 0 Å². The van der Waals surface area contributed by atoms with E-state index < -0.39 is 5.91 Å². The fraction of sp³-hybridized carbons (Fsp3) is 0.579. The lowest BCUT2D eigenvalue weighted by Gasteiger charge is -2.16. The molecule has 0 aliphatic carbocycles. The predicted octanol–water partition coefficient (Wildman–Crippen LogP) is 4.50. The van der Waals surface area contributed by atoms with Crippen LogP contribution in [0.2, 0.25) is 0 Å². The molecule has 1 heterocycles. The SMILES string of the molecule is C=C(CCC(=O)NC(CC)c1cc(C)c(C(N)=O)s1)CC(C)CC. The van der Waals surface area contributed by atoms with Crippen molar-refractivity contribution in [2.24, 2.45) is 11.7 Å². The van der Waals surface area contributed by atoms with Crippen LogP contribution in [0.25, 0.3) is 0 Å². The van der Waals surface area contributed by atoms with Crippen molar-refractivity contribution in [3.05, 3.63) is 33.5 Å². The molecule has 3 N–H and O–H groups in total. The van der Waals surface area contributed by atoms with Crippen molar-refractivity contribution >= 4 is 23.2 Å². The molecule has 1 rings (SSSR count). The molecule has 4 nitrogen and oxygen atoms in total. The van der Waals surface area contributed by atoms with Crippen LogP contribution in [0.5, 0.6) is 0 Å². The van der Waals surface area contributed by atoms with Crippen LogP contribution in [-0.2, 0) is 4.79 Å². The molecule has 2 unspecified atom stereocenters. The topological polar surface area (TPSA) is 72.2 Å². The summed E-state index contributed by atoms with van der Waals surface area (Å²) in [4.78, 5) is 25.2. The van der Waals surface area contributed by atoms with E-state index in [0.717, 1.165) is 41.7 Å². The molecule has 0 saturated carbocycles. The second-order valence-corrected chi connectivity index (χ2v) is 7.60. The number of aryl methyl sites for hydroxylation is 1. The van der Waals surface area contributed by atoms with E-state index in [1.165, 1.54) is 11.3 Å². The highest BCUT2D eigenvalue weighted by Gasteiger charge is 2.18. The highest BCUT2D eigenvalue weighted by molar-refractivity contribution is 7.14. The summed E-state index contributed by atoms with van der Waals surface area (Å²) in [6, 6.07) is 1.87. The molecule has 0 saturated heterocycles. The molecule has 0 bridgehead atoms. The summed E-state index contributed by atoms with van der Waals surface area (Å²) in [5.74, 6) is 0.232. The number of carbonyl (C=O) groups is 2. The number of carbonyl (C=O) groups excluding carboxylic acids is 2. The second-order valence-electron chi connectivity index (χ2n) is 6.52. The monoisotopic (exact) mass is 350 g/mol. The third-order valence-corrected chi connectivity index (χ3v) is 5.65. The highest BCUT2D eigenvalue weighted by Crippen LogP contribution is 2.29. The third kappa shape index (κ3) is 6.11. The number of hydrogen-bond acceptors (Lipinski definition) is 3. The van der Waals surface area contributed by atoms with Crippen molar-refractivity contribution in [2.45, 2.75) is 65.8 Å². The third-order valence-electron chi connectivity index (χ3n) is 4.29. The maximum Gasteiger partial charge on any atom is 0.259 e. The van der Waals surface area contributed by atoms with E-state index in [0.29, 0.717) is 17.2 Å². The number of amides is 2. The fourth-order valence-electron chi connectivity index (χ4n) is 2.59. The zero-order valence-electron chi connectivity index (χ0n) is 15.3. The minimum Gasteiger partial charge on any atom is -0.365 e. The molecule has 134 valence electrons. The molecule has 5 heteroatoms. The van der Waals surface area contributed by atoms with Gasteiger partial charge in [-0.1, -0.05) is 39.3 Å². The van der Waals surface area contributed by atoms with E-state index in [1.807, 2.05) is 19.9 Å². The van der Waals surface area contributed by atoms with Gasteiger partial charge in [0.1, 0.15) is 0 Å². The van der Waals surface area contributed by atoms with E-state index in [9.17, 15) is 9.59 Å². The van der Waals surface area contributed by atoms with Crippen LogP contribution < -0.4 is 11.1 Å². The number of nitrogens with one attached hydrogen (secondary N) is 1. The first-order chi connectivity index (χ1) is 11.3. The van der Waals surface area contributed by atoms with Crippen LogP contribution in [0.15, 0.2) is 18.2 Å². The first kappa shape index (κ1) is 20.4. The van der Waals surface area contributed by atoms with E-state index in [1.54, 1.807) is 0 Å². The molecule has 2 amide bonds. The van der Waals surface area contributed by atoms with Gasteiger partial charge >= 0.3 is 0 Å². The molecule has 0 aliphatic heterocycles. The van der Waals surface area contributed by atoms with Crippen LogP contribution in [0.1, 0.15) is 79.0 Å². The lowest BCUT2D eigenvalue weighted by molar-refractivity contribution is -0.121. The summed E-state index contributed by atoms with van der Waals surface area (Å²) in [5.41, 5.74) is 7.38. The number of allylic oxidation sites excluding steroid dienone is 1. The normalized spacial score (nSPS) is 13.3. The number of primary amides is 1. The summed E-state index contributed by atoms with van der Waals surface area (Å²) < 4.78 is 0. The average Bonchev–Trinajstić information content (AvgIpc) is 2.92. The maximum atomic E-state index is 12.2. The van der Waals surface area contributed by atoms with Gasteiger partial charge in [0.2, 0.25) is 5.91 Å². The van der Waals surface area contributed by atoms with Crippen molar-refractivity contribution in [1.82, 2.24) is 5.32 Å². The number of nitrogens with two attached hydrogens (primary N) is 1. The number of rotatable bonds is 10. The molecular formula is C19H30N2O2S. The van der Waals surface area contributed by atoms with Gasteiger partial charge in [0.25, 0.3) is 5.91 Å². The van der Waals surface area contributed by atoms with E-state index in [4.69, 9.17) is 5.73 Å². The van der Waals surface area contributed by atoms with Crippen LogP contribution in [0.3, 0.4) is 0 Å². The van der Waals surface area contributed by atoms with Gasteiger partial charge in [-0.05, 0) is 43.7 Å². The Morgan fingerprint density at radius 3 is 2.46 bits per heavy atom. The van der Waals surface area contributed by atoms with Crippen molar-refractivity contribution < 1.29 is 9.59 Å². The molecule has 0 aromatic carbocycles. The first-order valence-electron chi connectivity index (χ1n) is 8.64. The van der Waals surface area contributed by atoms with Crippen molar-refractivity contribution in [2.75, 3.05) is 0 Å². The van der Waals surface area contributed by atoms with Crippen molar-refractivity contribution in [3.63, 3.8) is 0 Å². The van der Waals surface area contributed by atoms with Gasteiger partial charge in [-0.3, -0.25) is 9.59 Å². The summed E-state index contributed by atoms with van der Waals surface area (Å²) in [6.45, 7) is 12.3. The zero-order chi connectivity index (χ0) is 18.3. The van der Waals surface area contributed by atoms with Crippen molar-refractivity contribution in [1.29, 1.82) is 0 Å². The average molecular weight is 351 g/mol. The summed E-state index contributed by atoms with van der Waals surface area (Å²) >= 11 is 1.37. The fourth-order valence-corrected chi connectivity index (χ4v) is 3.75. The molecule has 0 spiro atoms. The van der Waals surface area contributed by atoms with Gasteiger partial charge in [0.15, 0.2) is 0 Å². The molecule has 24 heavy (non-hydrogen) atoms. The van der Waals surface area contributed by atoms with Gasteiger partial charge < -0.3 is 11.1 Å². The minimum absolute atomic E-state index is 0.0267. The Morgan fingerprint density at radius 2 is 1.96 bits per heavy atom. The molecular weight excluding hydrogens is 320 g/mol. The van der Waals surface area contributed by atoms with E-state index in [-0.39, 0.29) is 11.9 Å². The highest BCUT2D eigenvalue weighted by atomic mass is 32.1. The van der Waals surface area contributed by atoms with Gasteiger partial charge in [-0.2, -0.15) is 0 Å². The first-order valence-corrected chi connectivity index (χ1v) is 9.46. The molecule has 0 aliphatic rings. The zero-order valence-corrected chi connectivity index (χ0v) is 16.1. The Morgan fingerprint density at radius 1 is 1.29 bits per heavy atom. The van der Waals surface area contributed by atoms with Crippen LogP contribution in [0, 0.1) is 12.8 Å². The Kier molecular flexibility index (Phi) is 8.19. The lowest BCUT2D eigenvalue weighted by atomic mass is 9.97. The van der Waals surface area contributed by atoms with Gasteiger partial charge in [-0.25, -0.2) is 0 Å². The number of hydrogen-bond donors (Lipinski definition) is 2. The second kappa shape index (κ2) is 9.62. The molecule has 0 fully saturated rings. The smallest absolute Gasteiger partial charge is 0.259 e. The molecule has 1 aromatic rings. The van der Waals surface area contributed by atoms with Gasteiger partial charge in [0.05, 0.1) is 10.9 Å². The molecule has 0 radical (unpaired) electrons. The Labute approximate surface area is 149 Å². The largest absolute Gasteiger partial charge is 0.365 e. The lowest BCUT2D eigenvalue weighted by Crippen LogP contribution is -2.27. The summed E-state index contributed by atoms with van der Waals surface area (Å²) in [6.07, 6.45) is 4.06. The Balaban J connectivity index is 2.59. The van der Waals surface area contributed by atoms with Crippen LogP contribution in [-0.4, -0.2) is 11.8 Å². The predicted molar refractivity (Wildman–Crippen MR) is 101 cm³/mol. The number of thiophene rings is 1. The van der Waals surface area contributed by atoms with E-state index in [2.05, 4.69) is 25.7 Å². The summed E-state index contributed by atoms with van der Waals surface area (Å²) in [5, 5.41) is 3.06.